The molecule has 0 saturated carbocycles. The number of nitro benzene ring substituents is 1. The average molecular weight is 282 g/mol. The third kappa shape index (κ3) is 2.73. The molecule has 1 heterocycles. The topological polar surface area (TPSA) is 73.0 Å². The average Bonchev–Trinajstić information content (AvgIpc) is 2.75. The van der Waals surface area contributed by atoms with Crippen LogP contribution in [0.15, 0.2) is 24.5 Å². The summed E-state index contributed by atoms with van der Waals surface area (Å²) < 4.78 is 28.3. The molecule has 0 atom stereocenters. The number of halogens is 2. The molecule has 1 aromatic heterocycles. The minimum atomic E-state index is -1.23. The number of rotatable bonds is 4. The minimum Gasteiger partial charge on any atom is -0.347 e. The Morgan fingerprint density at radius 3 is 2.65 bits per heavy atom. The van der Waals surface area contributed by atoms with Gasteiger partial charge in [-0.3, -0.25) is 14.8 Å². The second-order valence-corrected chi connectivity index (χ2v) is 4.47. The molecule has 106 valence electrons. The van der Waals surface area contributed by atoms with Crippen LogP contribution in [-0.2, 0) is 0 Å². The molecule has 0 bridgehead atoms. The summed E-state index contributed by atoms with van der Waals surface area (Å²) in [6, 6.07) is 1.44. The molecule has 0 aliphatic carbocycles. The van der Waals surface area contributed by atoms with Crippen molar-refractivity contribution in [3.8, 4) is 0 Å². The molecule has 2 rings (SSSR count). The molecule has 2 aromatic rings. The summed E-state index contributed by atoms with van der Waals surface area (Å²) in [7, 11) is 0. The minimum absolute atomic E-state index is 0.102. The number of benzene rings is 1. The summed E-state index contributed by atoms with van der Waals surface area (Å²) in [4.78, 5) is 9.94. The molecule has 6 nitrogen and oxygen atoms in total. The van der Waals surface area contributed by atoms with E-state index in [-0.39, 0.29) is 11.7 Å². The van der Waals surface area contributed by atoms with Crippen LogP contribution in [0.4, 0.5) is 25.8 Å². The maximum absolute atomic E-state index is 13.5. The largest absolute Gasteiger partial charge is 0.347 e. The Balaban J connectivity index is 2.39. The lowest BCUT2D eigenvalue weighted by Crippen LogP contribution is -2.01. The van der Waals surface area contributed by atoms with Gasteiger partial charge in [-0.05, 0) is 13.8 Å². The van der Waals surface area contributed by atoms with Gasteiger partial charge in [-0.1, -0.05) is 0 Å². The first-order valence-corrected chi connectivity index (χ1v) is 5.83. The standard InChI is InChI=1S/C12H12F2N4O2/c1-7(2)17-6-9(5-15-17)16-11-4-8(13)3-10(14)12(11)18(19)20/h3-7,16H,1-2H3. The van der Waals surface area contributed by atoms with Gasteiger partial charge in [-0.25, -0.2) is 4.39 Å². The van der Waals surface area contributed by atoms with Crippen molar-refractivity contribution in [3.63, 3.8) is 0 Å². The molecular formula is C12H12F2N4O2. The van der Waals surface area contributed by atoms with Gasteiger partial charge in [0.2, 0.25) is 5.82 Å². The molecule has 1 aromatic carbocycles. The van der Waals surface area contributed by atoms with Crippen LogP contribution < -0.4 is 5.32 Å². The predicted octanol–water partition coefficient (Wildman–Crippen LogP) is 3.39. The lowest BCUT2D eigenvalue weighted by molar-refractivity contribution is -0.386. The van der Waals surface area contributed by atoms with E-state index in [4.69, 9.17) is 0 Å². The van der Waals surface area contributed by atoms with Crippen LogP contribution in [0.1, 0.15) is 19.9 Å². The first kappa shape index (κ1) is 13.9. The fourth-order valence-electron chi connectivity index (χ4n) is 1.69. The zero-order chi connectivity index (χ0) is 14.9. The van der Waals surface area contributed by atoms with E-state index in [1.165, 1.54) is 6.20 Å². The van der Waals surface area contributed by atoms with Crippen molar-refractivity contribution in [2.75, 3.05) is 5.32 Å². The van der Waals surface area contributed by atoms with Gasteiger partial charge in [0.15, 0.2) is 0 Å². The molecule has 0 amide bonds. The molecule has 0 saturated heterocycles. The van der Waals surface area contributed by atoms with Gasteiger partial charge < -0.3 is 5.32 Å². The van der Waals surface area contributed by atoms with Gasteiger partial charge in [-0.2, -0.15) is 9.49 Å². The highest BCUT2D eigenvalue weighted by molar-refractivity contribution is 5.69. The van der Waals surface area contributed by atoms with Gasteiger partial charge in [0.1, 0.15) is 11.5 Å². The van der Waals surface area contributed by atoms with E-state index >= 15 is 0 Å². The quantitative estimate of drug-likeness (QED) is 0.689. The summed E-state index contributed by atoms with van der Waals surface area (Å²) in [6.07, 6.45) is 3.02. The van der Waals surface area contributed by atoms with Crippen molar-refractivity contribution in [3.05, 3.63) is 46.3 Å². The SMILES string of the molecule is CC(C)n1cc(Nc2cc(F)cc(F)c2[N+](=O)[O-])cn1. The Morgan fingerprint density at radius 2 is 2.10 bits per heavy atom. The normalized spacial score (nSPS) is 10.8. The van der Waals surface area contributed by atoms with Gasteiger partial charge >= 0.3 is 5.69 Å². The molecule has 0 unspecified atom stereocenters. The summed E-state index contributed by atoms with van der Waals surface area (Å²) >= 11 is 0. The number of hydrogen-bond donors (Lipinski definition) is 1. The number of hydrogen-bond acceptors (Lipinski definition) is 4. The highest BCUT2D eigenvalue weighted by Gasteiger charge is 2.22. The Kier molecular flexibility index (Phi) is 3.64. The number of anilines is 2. The Bertz CT molecular complexity index is 655. The highest BCUT2D eigenvalue weighted by atomic mass is 19.1. The third-order valence-corrected chi connectivity index (χ3v) is 2.62. The van der Waals surface area contributed by atoms with Gasteiger partial charge in [-0.15, -0.1) is 0 Å². The third-order valence-electron chi connectivity index (χ3n) is 2.62. The number of nitro groups is 1. The molecule has 0 spiro atoms. The summed E-state index contributed by atoms with van der Waals surface area (Å²) in [5.74, 6) is -2.12. The van der Waals surface area contributed by atoms with E-state index in [2.05, 4.69) is 10.4 Å². The molecule has 20 heavy (non-hydrogen) atoms. The summed E-state index contributed by atoms with van der Waals surface area (Å²) in [5, 5.41) is 17.5. The van der Waals surface area contributed by atoms with Crippen molar-refractivity contribution in [2.24, 2.45) is 0 Å². The zero-order valence-electron chi connectivity index (χ0n) is 10.8. The first-order valence-electron chi connectivity index (χ1n) is 5.83. The van der Waals surface area contributed by atoms with Crippen LogP contribution in [0.3, 0.4) is 0 Å². The molecule has 0 aliphatic heterocycles. The highest BCUT2D eigenvalue weighted by Crippen LogP contribution is 2.31. The Hall–Kier alpha value is -2.51. The molecule has 8 heteroatoms. The van der Waals surface area contributed by atoms with Gasteiger partial charge in [0.25, 0.3) is 0 Å². The molecule has 0 aliphatic rings. The number of aromatic nitrogens is 2. The van der Waals surface area contributed by atoms with E-state index in [0.29, 0.717) is 11.8 Å². The predicted molar refractivity (Wildman–Crippen MR) is 68.9 cm³/mol. The van der Waals surface area contributed by atoms with Gasteiger partial charge in [0.05, 0.1) is 16.8 Å². The van der Waals surface area contributed by atoms with E-state index in [1.807, 2.05) is 13.8 Å². The van der Waals surface area contributed by atoms with Crippen molar-refractivity contribution in [1.29, 1.82) is 0 Å². The van der Waals surface area contributed by atoms with E-state index in [0.717, 1.165) is 6.07 Å². The number of nitrogens with zero attached hydrogens (tertiary/aromatic N) is 3. The van der Waals surface area contributed by atoms with Crippen LogP contribution in [0, 0.1) is 21.7 Å². The Labute approximate surface area is 113 Å². The smallest absolute Gasteiger partial charge is 0.328 e. The first-order chi connectivity index (χ1) is 9.38. The van der Waals surface area contributed by atoms with Crippen LogP contribution in [0.25, 0.3) is 0 Å². The molecule has 0 radical (unpaired) electrons. The summed E-state index contributed by atoms with van der Waals surface area (Å²) in [5.41, 5.74) is -0.647. The zero-order valence-corrected chi connectivity index (χ0v) is 10.8. The van der Waals surface area contributed by atoms with Gasteiger partial charge in [0, 0.05) is 24.4 Å². The maximum atomic E-state index is 13.5. The van der Waals surface area contributed by atoms with E-state index in [1.54, 1.807) is 10.9 Å². The Morgan fingerprint density at radius 1 is 1.40 bits per heavy atom. The fraction of sp³-hybridized carbons (Fsp3) is 0.250. The van der Waals surface area contributed by atoms with Crippen LogP contribution >= 0.6 is 0 Å². The lowest BCUT2D eigenvalue weighted by atomic mass is 10.2. The van der Waals surface area contributed by atoms with Crippen molar-refractivity contribution in [2.45, 2.75) is 19.9 Å². The van der Waals surface area contributed by atoms with Crippen molar-refractivity contribution in [1.82, 2.24) is 9.78 Å². The maximum Gasteiger partial charge on any atom is 0.328 e. The van der Waals surface area contributed by atoms with E-state index < -0.39 is 22.2 Å². The molecule has 1 N–H and O–H groups in total. The lowest BCUT2D eigenvalue weighted by Gasteiger charge is -2.06. The second kappa shape index (κ2) is 5.24. The van der Waals surface area contributed by atoms with Crippen molar-refractivity contribution >= 4 is 17.1 Å². The fourth-order valence-corrected chi connectivity index (χ4v) is 1.69. The number of nitrogens with one attached hydrogen (secondary N) is 1. The molecule has 0 fully saturated rings. The monoisotopic (exact) mass is 282 g/mol. The van der Waals surface area contributed by atoms with Crippen molar-refractivity contribution < 1.29 is 13.7 Å². The second-order valence-electron chi connectivity index (χ2n) is 4.47. The van der Waals surface area contributed by atoms with Crippen LogP contribution in [0.5, 0.6) is 0 Å². The molecular weight excluding hydrogens is 270 g/mol. The van der Waals surface area contributed by atoms with Crippen LogP contribution in [0.2, 0.25) is 0 Å². The van der Waals surface area contributed by atoms with Crippen LogP contribution in [-0.4, -0.2) is 14.7 Å². The summed E-state index contributed by atoms with van der Waals surface area (Å²) in [6.45, 7) is 3.81. The van der Waals surface area contributed by atoms with E-state index in [9.17, 15) is 18.9 Å².